The van der Waals surface area contributed by atoms with Crippen LogP contribution in [0.1, 0.15) is 65.2 Å². The van der Waals surface area contributed by atoms with Crippen molar-refractivity contribution in [1.82, 2.24) is 20.0 Å². The second-order valence-electron chi connectivity index (χ2n) is 13.8. The number of carbonyl (C=O) groups excluding carboxylic acids is 3. The molecule has 7 rings (SSSR count). The highest BCUT2D eigenvalue weighted by Gasteiger charge is 2.51. The Morgan fingerprint density at radius 3 is 2.42 bits per heavy atom. The largest absolute Gasteiger partial charge is 0.399 e. The average molecular weight is 726 g/mol. The number of alkyl halides is 2. The van der Waals surface area contributed by atoms with Crippen molar-refractivity contribution in [3.63, 3.8) is 0 Å². The van der Waals surface area contributed by atoms with Crippen LogP contribution in [0.25, 0.3) is 10.1 Å². The summed E-state index contributed by atoms with van der Waals surface area (Å²) in [5, 5.41) is 13.1. The number of carbonyl (C=O) groups is 3. The Hall–Kier alpha value is -3.73. The summed E-state index contributed by atoms with van der Waals surface area (Å²) in [6.07, 6.45) is 4.02. The molecule has 0 bridgehead atoms. The summed E-state index contributed by atoms with van der Waals surface area (Å²) in [5.41, 5.74) is -4.26. The molecule has 5 heterocycles. The molecular weight excluding hydrogens is 687 g/mol. The highest BCUT2D eigenvalue weighted by molar-refractivity contribution is 7.52. The van der Waals surface area contributed by atoms with E-state index in [0.717, 1.165) is 55.0 Å². The molecule has 2 aromatic carbocycles. The first-order valence-electron chi connectivity index (χ1n) is 16.9. The minimum atomic E-state index is -5.78. The van der Waals surface area contributed by atoms with E-state index in [0.29, 0.717) is 36.9 Å². The van der Waals surface area contributed by atoms with Gasteiger partial charge in [0.05, 0.1) is 16.9 Å². The molecule has 2 unspecified atom stereocenters. The highest BCUT2D eigenvalue weighted by atomic mass is 32.1. The van der Waals surface area contributed by atoms with E-state index in [4.69, 9.17) is 0 Å². The van der Waals surface area contributed by atoms with E-state index in [-0.39, 0.29) is 52.5 Å². The maximum Gasteiger partial charge on any atom is 0.399 e. The van der Waals surface area contributed by atoms with Crippen molar-refractivity contribution in [3.05, 3.63) is 70.6 Å². The van der Waals surface area contributed by atoms with Crippen LogP contribution in [0.5, 0.6) is 0 Å². The maximum atomic E-state index is 14.4. The minimum Gasteiger partial charge on any atom is -0.340 e. The Labute approximate surface area is 292 Å². The lowest BCUT2D eigenvalue weighted by molar-refractivity contribution is -0.147. The normalized spacial score (nSPS) is 27.7. The summed E-state index contributed by atoms with van der Waals surface area (Å²) < 4.78 is 40.7. The summed E-state index contributed by atoms with van der Waals surface area (Å²) in [6.45, 7) is 2.58. The Kier molecular flexibility index (Phi) is 9.32. The number of thiophene rings is 1. The fourth-order valence-corrected chi connectivity index (χ4v) is 9.48. The van der Waals surface area contributed by atoms with Crippen molar-refractivity contribution in [1.29, 1.82) is 5.26 Å². The van der Waals surface area contributed by atoms with Gasteiger partial charge in [-0.1, -0.05) is 36.4 Å². The number of nitriles is 1. The summed E-state index contributed by atoms with van der Waals surface area (Å²) in [6, 6.07) is 15.0. The quantitative estimate of drug-likeness (QED) is 0.299. The van der Waals surface area contributed by atoms with Gasteiger partial charge in [-0.3, -0.25) is 18.9 Å². The molecule has 0 aliphatic carbocycles. The van der Waals surface area contributed by atoms with Gasteiger partial charge in [-0.05, 0) is 80.8 Å². The zero-order valence-corrected chi connectivity index (χ0v) is 28.9. The van der Waals surface area contributed by atoms with Crippen LogP contribution in [0.2, 0.25) is 0 Å². The standard InChI is InChI=1S/C35H38F2N5O6PS/c36-35(37,49(46,47)48)24-7-12-30-22(15-24)16-31(50-30)32(43)39-28-10-8-25(40-13-4-14-40)17-26-9-11-29(42(26)33(28)44)34(45)41-19-23(18-38)27(20-41)21-5-2-1-3-6-21/h1-3,5-7,12,15-16,23,25-29H,4,8-11,13-14,17,19-20H2,(H,39,43)(H2,46,47,48)/t23?,25-,26+,27?,28-,29-/m0/s1. The number of nitrogens with zero attached hydrogens (tertiary/aromatic N) is 4. The summed E-state index contributed by atoms with van der Waals surface area (Å²) in [4.78, 5) is 66.5. The summed E-state index contributed by atoms with van der Waals surface area (Å²) in [7, 11) is -5.78. The topological polar surface area (TPSA) is 154 Å². The summed E-state index contributed by atoms with van der Waals surface area (Å²) >= 11 is 1.02. The molecule has 3 amide bonds. The predicted molar refractivity (Wildman–Crippen MR) is 181 cm³/mol. The van der Waals surface area contributed by atoms with Crippen LogP contribution in [-0.2, 0) is 19.8 Å². The molecule has 15 heteroatoms. The van der Waals surface area contributed by atoms with Crippen molar-refractivity contribution in [2.45, 2.75) is 74.3 Å². The molecule has 4 saturated heterocycles. The van der Waals surface area contributed by atoms with Crippen LogP contribution < -0.4 is 5.32 Å². The number of benzene rings is 2. The van der Waals surface area contributed by atoms with Gasteiger partial charge in [0.25, 0.3) is 5.91 Å². The molecule has 4 aliphatic rings. The van der Waals surface area contributed by atoms with Gasteiger partial charge in [-0.15, -0.1) is 11.3 Å². The average Bonchev–Trinajstić information content (AvgIpc) is 3.80. The number of amides is 3. The van der Waals surface area contributed by atoms with Crippen molar-refractivity contribution >= 4 is 46.7 Å². The molecule has 6 atom stereocenters. The summed E-state index contributed by atoms with van der Waals surface area (Å²) in [5.74, 6) is -1.59. The molecule has 4 aliphatic heterocycles. The number of hydrogen-bond donors (Lipinski definition) is 3. The Balaban J connectivity index is 1.13. The Bertz CT molecular complexity index is 1890. The number of likely N-dealkylation sites (tertiary alicyclic amines) is 2. The van der Waals surface area contributed by atoms with E-state index >= 15 is 0 Å². The van der Waals surface area contributed by atoms with E-state index in [1.165, 1.54) is 12.1 Å². The van der Waals surface area contributed by atoms with Gasteiger partial charge in [0.1, 0.15) is 12.1 Å². The monoisotopic (exact) mass is 725 g/mol. The van der Waals surface area contributed by atoms with Gasteiger partial charge in [-0.25, -0.2) is 0 Å². The van der Waals surface area contributed by atoms with Gasteiger partial charge >= 0.3 is 13.3 Å². The van der Waals surface area contributed by atoms with Crippen LogP contribution in [0.15, 0.2) is 54.6 Å². The molecule has 264 valence electrons. The SMILES string of the molecule is N#CC1CN(C(=O)[C@@H]2CC[C@@H]3C[C@@H](N4CCC4)CC[C@H](NC(=O)c4cc5cc(C(F)(F)P(=O)(O)O)ccc5s4)C(=O)N32)CC1c1ccccc1. The highest BCUT2D eigenvalue weighted by Crippen LogP contribution is 2.59. The number of fused-ring (bicyclic) bond motifs is 2. The second kappa shape index (κ2) is 13.4. The number of nitrogens with one attached hydrogen (secondary N) is 1. The molecule has 0 saturated carbocycles. The van der Waals surface area contributed by atoms with Crippen molar-refractivity contribution < 1.29 is 37.5 Å². The van der Waals surface area contributed by atoms with E-state index in [9.17, 15) is 42.8 Å². The fourth-order valence-electron chi connectivity index (χ4n) is 8.06. The van der Waals surface area contributed by atoms with Crippen LogP contribution in [0.3, 0.4) is 0 Å². The first kappa shape index (κ1) is 34.7. The molecule has 50 heavy (non-hydrogen) atoms. The van der Waals surface area contributed by atoms with Crippen LogP contribution in [0.4, 0.5) is 8.78 Å². The van der Waals surface area contributed by atoms with E-state index in [1.807, 2.05) is 30.3 Å². The Morgan fingerprint density at radius 1 is 1.00 bits per heavy atom. The van der Waals surface area contributed by atoms with Gasteiger partial charge in [-0.2, -0.15) is 14.0 Å². The lowest BCUT2D eigenvalue weighted by Gasteiger charge is -2.44. The Morgan fingerprint density at radius 2 is 1.74 bits per heavy atom. The molecular formula is C35H38F2N5O6PS. The van der Waals surface area contributed by atoms with Crippen LogP contribution in [-0.4, -0.2) is 92.6 Å². The molecule has 0 spiro atoms. The lowest BCUT2D eigenvalue weighted by atomic mass is 9.90. The molecule has 4 fully saturated rings. The number of hydrogen-bond acceptors (Lipinski definition) is 7. The van der Waals surface area contributed by atoms with E-state index in [2.05, 4.69) is 16.3 Å². The van der Waals surface area contributed by atoms with Gasteiger partial charge in [0.15, 0.2) is 0 Å². The first-order valence-corrected chi connectivity index (χ1v) is 19.4. The van der Waals surface area contributed by atoms with Crippen molar-refractivity contribution in [3.8, 4) is 6.07 Å². The molecule has 1 aromatic heterocycles. The van der Waals surface area contributed by atoms with Crippen LogP contribution >= 0.6 is 18.9 Å². The van der Waals surface area contributed by atoms with E-state index < -0.39 is 36.8 Å². The third-order valence-corrected chi connectivity index (χ3v) is 13.0. The smallest absolute Gasteiger partial charge is 0.340 e. The molecule has 3 aromatic rings. The van der Waals surface area contributed by atoms with Gasteiger partial charge in [0, 0.05) is 41.4 Å². The molecule has 0 radical (unpaired) electrons. The minimum absolute atomic E-state index is 0.131. The third kappa shape index (κ3) is 6.35. The maximum absolute atomic E-state index is 14.4. The zero-order valence-electron chi connectivity index (χ0n) is 27.2. The third-order valence-electron chi connectivity index (χ3n) is 10.9. The second-order valence-corrected chi connectivity index (χ2v) is 16.6. The first-order chi connectivity index (χ1) is 23.9. The predicted octanol–water partition coefficient (Wildman–Crippen LogP) is 4.61. The lowest BCUT2D eigenvalue weighted by Crippen LogP contribution is -2.59. The van der Waals surface area contributed by atoms with Crippen molar-refractivity contribution in [2.24, 2.45) is 5.92 Å². The number of rotatable bonds is 7. The van der Waals surface area contributed by atoms with Crippen molar-refractivity contribution in [2.75, 3.05) is 26.2 Å². The molecule has 3 N–H and O–H groups in total. The van der Waals surface area contributed by atoms with E-state index in [1.54, 1.807) is 9.80 Å². The molecule has 11 nitrogen and oxygen atoms in total. The number of halogens is 2. The van der Waals surface area contributed by atoms with Crippen LogP contribution in [0, 0.1) is 17.2 Å². The van der Waals surface area contributed by atoms with Gasteiger partial charge in [0.2, 0.25) is 11.8 Å². The fraction of sp³-hybridized carbons (Fsp3) is 0.486. The van der Waals surface area contributed by atoms with Gasteiger partial charge < -0.3 is 29.8 Å². The zero-order chi connectivity index (χ0) is 35.4.